The summed E-state index contributed by atoms with van der Waals surface area (Å²) in [5, 5.41) is 3.60. The summed E-state index contributed by atoms with van der Waals surface area (Å²) in [7, 11) is 0. The van der Waals surface area contributed by atoms with Gasteiger partial charge in [0.05, 0.1) is 0 Å². The second kappa shape index (κ2) is 3.38. The minimum atomic E-state index is 0.720. The number of hydrogen-bond donors (Lipinski definition) is 1. The van der Waals surface area contributed by atoms with Gasteiger partial charge in [0.1, 0.15) is 0 Å². The first kappa shape index (κ1) is 8.06. The van der Waals surface area contributed by atoms with Gasteiger partial charge in [-0.2, -0.15) is 0 Å². The third-order valence-corrected chi connectivity index (χ3v) is 2.57. The molecule has 0 aromatic rings. The fourth-order valence-corrected chi connectivity index (χ4v) is 1.14. The third kappa shape index (κ3) is 2.30. The Morgan fingerprint density at radius 3 is 2.40 bits per heavy atom. The number of nitrogens with one attached hydrogen (secondary N) is 1. The maximum absolute atomic E-state index is 3.60. The van der Waals surface area contributed by atoms with Crippen molar-refractivity contribution in [2.75, 3.05) is 0 Å². The molecule has 0 bridgehead atoms. The Balaban J connectivity index is 2.11. The summed E-state index contributed by atoms with van der Waals surface area (Å²) in [5.74, 6) is 0.834. The van der Waals surface area contributed by atoms with Crippen LogP contribution in [0.15, 0.2) is 0 Å². The van der Waals surface area contributed by atoms with Gasteiger partial charge in [0.25, 0.3) is 0 Å². The first-order valence-electron chi connectivity index (χ1n) is 4.50. The standard InChI is InChI=1S/C9H19N/c1-4-7(2)8(3)10-9-5-6-9/h7-10H,4-6H2,1-3H3/t7-,8+/m0/s1. The van der Waals surface area contributed by atoms with E-state index in [0.717, 1.165) is 18.0 Å². The van der Waals surface area contributed by atoms with Gasteiger partial charge in [-0.25, -0.2) is 0 Å². The Kier molecular flexibility index (Phi) is 2.72. The Labute approximate surface area is 64.2 Å². The van der Waals surface area contributed by atoms with Crippen molar-refractivity contribution in [2.45, 2.75) is 52.1 Å². The second-order valence-electron chi connectivity index (χ2n) is 3.62. The lowest BCUT2D eigenvalue weighted by Gasteiger charge is -2.19. The van der Waals surface area contributed by atoms with Crippen molar-refractivity contribution in [1.82, 2.24) is 5.32 Å². The first-order chi connectivity index (χ1) is 4.74. The Morgan fingerprint density at radius 2 is 2.00 bits per heavy atom. The van der Waals surface area contributed by atoms with E-state index >= 15 is 0 Å². The van der Waals surface area contributed by atoms with E-state index in [-0.39, 0.29) is 0 Å². The molecule has 0 aromatic heterocycles. The summed E-state index contributed by atoms with van der Waals surface area (Å²) in [5.41, 5.74) is 0. The van der Waals surface area contributed by atoms with Gasteiger partial charge in [0.2, 0.25) is 0 Å². The molecule has 0 amide bonds. The Morgan fingerprint density at radius 1 is 1.40 bits per heavy atom. The first-order valence-corrected chi connectivity index (χ1v) is 4.50. The minimum absolute atomic E-state index is 0.720. The van der Waals surface area contributed by atoms with Gasteiger partial charge in [-0.1, -0.05) is 20.3 Å². The lowest BCUT2D eigenvalue weighted by Crippen LogP contribution is -2.33. The molecule has 1 heteroatoms. The van der Waals surface area contributed by atoms with Crippen LogP contribution in [0.1, 0.15) is 40.0 Å². The molecule has 1 aliphatic rings. The van der Waals surface area contributed by atoms with Crippen LogP contribution in [0.2, 0.25) is 0 Å². The molecule has 60 valence electrons. The lowest BCUT2D eigenvalue weighted by molar-refractivity contribution is 0.388. The molecule has 1 saturated carbocycles. The van der Waals surface area contributed by atoms with Crippen LogP contribution < -0.4 is 5.32 Å². The summed E-state index contributed by atoms with van der Waals surface area (Å²) in [6.07, 6.45) is 4.10. The lowest BCUT2D eigenvalue weighted by atomic mass is 10.0. The predicted molar refractivity (Wildman–Crippen MR) is 45.1 cm³/mol. The van der Waals surface area contributed by atoms with Gasteiger partial charge in [-0.05, 0) is 25.7 Å². The van der Waals surface area contributed by atoms with E-state index in [0.29, 0.717) is 0 Å². The number of rotatable bonds is 4. The van der Waals surface area contributed by atoms with E-state index in [1.165, 1.54) is 19.3 Å². The molecular formula is C9H19N. The van der Waals surface area contributed by atoms with Crippen LogP contribution in [0.25, 0.3) is 0 Å². The van der Waals surface area contributed by atoms with Gasteiger partial charge in [0.15, 0.2) is 0 Å². The summed E-state index contributed by atoms with van der Waals surface area (Å²) in [6.45, 7) is 6.88. The average molecular weight is 141 g/mol. The van der Waals surface area contributed by atoms with Gasteiger partial charge < -0.3 is 5.32 Å². The van der Waals surface area contributed by atoms with Gasteiger partial charge >= 0.3 is 0 Å². The smallest absolute Gasteiger partial charge is 0.00708 e. The summed E-state index contributed by atoms with van der Waals surface area (Å²) >= 11 is 0. The molecular weight excluding hydrogens is 122 g/mol. The summed E-state index contributed by atoms with van der Waals surface area (Å²) in [4.78, 5) is 0. The predicted octanol–water partition coefficient (Wildman–Crippen LogP) is 2.17. The topological polar surface area (TPSA) is 12.0 Å². The van der Waals surface area contributed by atoms with Crippen molar-refractivity contribution in [1.29, 1.82) is 0 Å². The van der Waals surface area contributed by atoms with Crippen molar-refractivity contribution in [2.24, 2.45) is 5.92 Å². The zero-order chi connectivity index (χ0) is 7.56. The van der Waals surface area contributed by atoms with Gasteiger partial charge in [-0.3, -0.25) is 0 Å². The van der Waals surface area contributed by atoms with Crippen LogP contribution in [0.5, 0.6) is 0 Å². The summed E-state index contributed by atoms with van der Waals surface area (Å²) < 4.78 is 0. The average Bonchev–Trinajstić information content (AvgIpc) is 2.70. The fraction of sp³-hybridized carbons (Fsp3) is 1.00. The molecule has 0 unspecified atom stereocenters. The molecule has 1 fully saturated rings. The van der Waals surface area contributed by atoms with E-state index < -0.39 is 0 Å². The van der Waals surface area contributed by atoms with Crippen LogP contribution in [-0.2, 0) is 0 Å². The highest BCUT2D eigenvalue weighted by atomic mass is 15.0. The molecule has 10 heavy (non-hydrogen) atoms. The van der Waals surface area contributed by atoms with E-state index in [1.807, 2.05) is 0 Å². The van der Waals surface area contributed by atoms with E-state index in [2.05, 4.69) is 26.1 Å². The highest BCUT2D eigenvalue weighted by Crippen LogP contribution is 2.21. The Bertz CT molecular complexity index is 96.9. The third-order valence-electron chi connectivity index (χ3n) is 2.57. The van der Waals surface area contributed by atoms with Gasteiger partial charge in [0, 0.05) is 12.1 Å². The molecule has 1 nitrogen and oxygen atoms in total. The highest BCUT2D eigenvalue weighted by Gasteiger charge is 2.24. The normalized spacial score (nSPS) is 24.3. The van der Waals surface area contributed by atoms with E-state index in [1.54, 1.807) is 0 Å². The Hall–Kier alpha value is -0.0400. The molecule has 0 radical (unpaired) electrons. The van der Waals surface area contributed by atoms with Crippen molar-refractivity contribution < 1.29 is 0 Å². The SMILES string of the molecule is CC[C@H](C)[C@@H](C)NC1CC1. The molecule has 0 spiro atoms. The van der Waals surface area contributed by atoms with Crippen molar-refractivity contribution in [3.8, 4) is 0 Å². The molecule has 1 aliphatic carbocycles. The van der Waals surface area contributed by atoms with Crippen LogP contribution in [-0.4, -0.2) is 12.1 Å². The molecule has 0 aromatic carbocycles. The van der Waals surface area contributed by atoms with Crippen LogP contribution in [0.4, 0.5) is 0 Å². The van der Waals surface area contributed by atoms with Crippen LogP contribution in [0.3, 0.4) is 0 Å². The van der Waals surface area contributed by atoms with Crippen molar-refractivity contribution >= 4 is 0 Å². The second-order valence-corrected chi connectivity index (χ2v) is 3.62. The van der Waals surface area contributed by atoms with Crippen LogP contribution in [0, 0.1) is 5.92 Å². The maximum atomic E-state index is 3.60. The fourth-order valence-electron chi connectivity index (χ4n) is 1.14. The molecule has 2 atom stereocenters. The van der Waals surface area contributed by atoms with E-state index in [9.17, 15) is 0 Å². The highest BCUT2D eigenvalue weighted by molar-refractivity contribution is 4.84. The molecule has 1 rings (SSSR count). The quantitative estimate of drug-likeness (QED) is 0.632. The summed E-state index contributed by atoms with van der Waals surface area (Å²) in [6, 6.07) is 1.58. The molecule has 0 saturated heterocycles. The molecule has 0 heterocycles. The van der Waals surface area contributed by atoms with Crippen molar-refractivity contribution in [3.63, 3.8) is 0 Å². The number of hydrogen-bond acceptors (Lipinski definition) is 1. The maximum Gasteiger partial charge on any atom is 0.00708 e. The molecule has 0 aliphatic heterocycles. The largest absolute Gasteiger partial charge is 0.311 e. The zero-order valence-corrected chi connectivity index (χ0v) is 7.35. The molecule has 1 N–H and O–H groups in total. The van der Waals surface area contributed by atoms with E-state index in [4.69, 9.17) is 0 Å². The van der Waals surface area contributed by atoms with Crippen LogP contribution >= 0.6 is 0 Å². The minimum Gasteiger partial charge on any atom is -0.311 e. The van der Waals surface area contributed by atoms with Gasteiger partial charge in [-0.15, -0.1) is 0 Å². The van der Waals surface area contributed by atoms with Crippen molar-refractivity contribution in [3.05, 3.63) is 0 Å². The zero-order valence-electron chi connectivity index (χ0n) is 7.35. The monoisotopic (exact) mass is 141 g/mol.